The lowest BCUT2D eigenvalue weighted by Crippen LogP contribution is -2.08. The van der Waals surface area contributed by atoms with Crippen LogP contribution < -0.4 is 0 Å². The molecule has 0 aromatic carbocycles. The second-order valence-corrected chi connectivity index (χ2v) is 2.27. The summed E-state index contributed by atoms with van der Waals surface area (Å²) in [4.78, 5) is 20.8. The van der Waals surface area contributed by atoms with Crippen LogP contribution >= 0.6 is 15.9 Å². The van der Waals surface area contributed by atoms with Gasteiger partial charge in [0.2, 0.25) is 0 Å². The molecule has 0 radical (unpaired) electrons. The molecule has 0 unspecified atom stereocenters. The molecule has 10 heavy (non-hydrogen) atoms. The van der Waals surface area contributed by atoms with Crippen LogP contribution in [0.1, 0.15) is 0 Å². The summed E-state index contributed by atoms with van der Waals surface area (Å²) in [6.07, 6.45) is 0.897. The van der Waals surface area contributed by atoms with E-state index in [0.717, 1.165) is 6.08 Å². The van der Waals surface area contributed by atoms with Crippen LogP contribution in [0, 0.1) is 0 Å². The average Bonchev–Trinajstić information content (AvgIpc) is 1.87. The first kappa shape index (κ1) is 9.10. The van der Waals surface area contributed by atoms with Gasteiger partial charge in [-0.15, -0.1) is 0 Å². The van der Waals surface area contributed by atoms with Crippen molar-refractivity contribution >= 4 is 27.9 Å². The van der Waals surface area contributed by atoms with E-state index in [1.807, 2.05) is 0 Å². The normalized spacial score (nSPS) is 8.10. The van der Waals surface area contributed by atoms with Gasteiger partial charge < -0.3 is 4.74 Å². The predicted octanol–water partition coefficient (Wildman–Crippen LogP) is 1.15. The Morgan fingerprint density at radius 2 is 2.00 bits per heavy atom. The molecular formula is C6H5BrO3. The summed E-state index contributed by atoms with van der Waals surface area (Å²) in [5.41, 5.74) is 0. The first-order chi connectivity index (χ1) is 4.57. The number of hydrogen-bond donors (Lipinski definition) is 0. The molecule has 0 rings (SSSR count). The van der Waals surface area contributed by atoms with Crippen LogP contribution in [0.4, 0.5) is 0 Å². The summed E-state index contributed by atoms with van der Waals surface area (Å²) in [6, 6.07) is 0. The Kier molecular flexibility index (Phi) is 3.64. The summed E-state index contributed by atoms with van der Waals surface area (Å²) in [5.74, 6) is -1.59. The number of hydrogen-bond acceptors (Lipinski definition) is 3. The van der Waals surface area contributed by atoms with E-state index in [9.17, 15) is 9.59 Å². The molecule has 0 aromatic rings. The van der Waals surface area contributed by atoms with Crippen molar-refractivity contribution in [3.63, 3.8) is 0 Å². The van der Waals surface area contributed by atoms with Gasteiger partial charge in [0.15, 0.2) is 0 Å². The van der Waals surface area contributed by atoms with Crippen molar-refractivity contribution in [2.45, 2.75) is 0 Å². The van der Waals surface area contributed by atoms with Crippen molar-refractivity contribution in [1.82, 2.24) is 0 Å². The van der Waals surface area contributed by atoms with Crippen LogP contribution in [-0.2, 0) is 14.3 Å². The van der Waals surface area contributed by atoms with Gasteiger partial charge in [0.1, 0.15) is 0 Å². The molecule has 0 heterocycles. The third kappa shape index (κ3) is 3.19. The molecule has 0 saturated heterocycles. The van der Waals surface area contributed by atoms with Crippen LogP contribution in [0.2, 0.25) is 0 Å². The van der Waals surface area contributed by atoms with Crippen molar-refractivity contribution < 1.29 is 14.3 Å². The highest BCUT2D eigenvalue weighted by atomic mass is 79.9. The molecule has 4 heteroatoms. The van der Waals surface area contributed by atoms with Crippen molar-refractivity contribution in [3.05, 3.63) is 23.7 Å². The fraction of sp³-hybridized carbons (Fsp3) is 0. The summed E-state index contributed by atoms with van der Waals surface area (Å²) >= 11 is 2.74. The Bertz CT molecular complexity index is 195. The molecule has 0 aliphatic rings. The second-order valence-electron chi connectivity index (χ2n) is 1.32. The Morgan fingerprint density at radius 3 is 2.30 bits per heavy atom. The van der Waals surface area contributed by atoms with E-state index in [4.69, 9.17) is 0 Å². The minimum atomic E-state index is -0.801. The van der Waals surface area contributed by atoms with Crippen LogP contribution in [0.25, 0.3) is 0 Å². The molecule has 0 fully saturated rings. The zero-order chi connectivity index (χ0) is 8.15. The maximum absolute atomic E-state index is 10.5. The first-order valence-corrected chi connectivity index (χ1v) is 3.10. The third-order valence-corrected chi connectivity index (χ3v) is 0.905. The molecule has 0 N–H and O–H groups in total. The number of ether oxygens (including phenoxy) is 1. The van der Waals surface area contributed by atoms with Crippen LogP contribution in [0.5, 0.6) is 0 Å². The van der Waals surface area contributed by atoms with Gasteiger partial charge in [-0.2, -0.15) is 0 Å². The SMILES string of the molecule is C=CC(=O)OC(=O)C(=C)Br. The Labute approximate surface area is 66.5 Å². The van der Waals surface area contributed by atoms with Crippen LogP contribution in [-0.4, -0.2) is 11.9 Å². The van der Waals surface area contributed by atoms with Gasteiger partial charge in [0, 0.05) is 6.08 Å². The van der Waals surface area contributed by atoms with E-state index < -0.39 is 11.9 Å². The van der Waals surface area contributed by atoms with Gasteiger partial charge in [-0.1, -0.05) is 13.2 Å². The molecule has 0 saturated carbocycles. The maximum Gasteiger partial charge on any atom is 0.352 e. The molecular weight excluding hydrogens is 200 g/mol. The third-order valence-electron chi connectivity index (χ3n) is 0.581. The molecule has 0 aromatic heterocycles. The first-order valence-electron chi connectivity index (χ1n) is 2.31. The highest BCUT2D eigenvalue weighted by Crippen LogP contribution is 2.02. The monoisotopic (exact) mass is 204 g/mol. The molecule has 0 amide bonds. The lowest BCUT2D eigenvalue weighted by molar-refractivity contribution is -0.152. The van der Waals surface area contributed by atoms with Crippen molar-refractivity contribution in [2.75, 3.05) is 0 Å². The summed E-state index contributed by atoms with van der Waals surface area (Å²) in [5, 5.41) is 0. The topological polar surface area (TPSA) is 43.4 Å². The van der Waals surface area contributed by atoms with Crippen molar-refractivity contribution in [2.24, 2.45) is 0 Å². The number of rotatable bonds is 2. The standard InChI is InChI=1S/C6H5BrO3/c1-3-5(8)10-6(9)4(2)7/h3H,1-2H2. The summed E-state index contributed by atoms with van der Waals surface area (Å²) < 4.78 is 4.12. The molecule has 0 aliphatic heterocycles. The van der Waals surface area contributed by atoms with Gasteiger partial charge in [-0.3, -0.25) is 0 Å². The second kappa shape index (κ2) is 4.00. The van der Waals surface area contributed by atoms with Gasteiger partial charge in [0.25, 0.3) is 0 Å². The number of carbonyl (C=O) groups is 2. The zero-order valence-electron chi connectivity index (χ0n) is 5.09. The maximum atomic E-state index is 10.5. The van der Waals surface area contributed by atoms with Crippen LogP contribution in [0.3, 0.4) is 0 Å². The fourth-order valence-corrected chi connectivity index (χ4v) is 0.269. The lowest BCUT2D eigenvalue weighted by Gasteiger charge is -1.94. The van der Waals surface area contributed by atoms with Gasteiger partial charge in [-0.25, -0.2) is 9.59 Å². The number of halogens is 1. The minimum absolute atomic E-state index is 0.00250. The van der Waals surface area contributed by atoms with Gasteiger partial charge in [0.05, 0.1) is 4.48 Å². The van der Waals surface area contributed by atoms with E-state index in [1.54, 1.807) is 0 Å². The van der Waals surface area contributed by atoms with Crippen molar-refractivity contribution in [3.8, 4) is 0 Å². The van der Waals surface area contributed by atoms with Gasteiger partial charge in [-0.05, 0) is 15.9 Å². The molecule has 54 valence electrons. The fourth-order valence-electron chi connectivity index (χ4n) is 0.188. The van der Waals surface area contributed by atoms with E-state index in [0.29, 0.717) is 0 Å². The average molecular weight is 205 g/mol. The molecule has 0 aliphatic carbocycles. The summed E-state index contributed by atoms with van der Waals surface area (Å²) in [6.45, 7) is 6.30. The smallest absolute Gasteiger partial charge is 0.352 e. The van der Waals surface area contributed by atoms with Crippen LogP contribution in [0.15, 0.2) is 23.7 Å². The van der Waals surface area contributed by atoms with E-state index in [1.165, 1.54) is 0 Å². The highest BCUT2D eigenvalue weighted by molar-refractivity contribution is 9.12. The molecule has 0 atom stereocenters. The van der Waals surface area contributed by atoms with E-state index >= 15 is 0 Å². The lowest BCUT2D eigenvalue weighted by atomic mass is 10.6. The van der Waals surface area contributed by atoms with Gasteiger partial charge >= 0.3 is 11.9 Å². The Balaban J connectivity index is 3.92. The molecule has 3 nitrogen and oxygen atoms in total. The predicted molar refractivity (Wildman–Crippen MR) is 39.4 cm³/mol. The zero-order valence-corrected chi connectivity index (χ0v) is 6.68. The van der Waals surface area contributed by atoms with E-state index in [-0.39, 0.29) is 4.48 Å². The Morgan fingerprint density at radius 1 is 1.50 bits per heavy atom. The number of esters is 2. The largest absolute Gasteiger partial charge is 0.386 e. The quantitative estimate of drug-likeness (QED) is 0.385. The minimum Gasteiger partial charge on any atom is -0.386 e. The Hall–Kier alpha value is -0.900. The highest BCUT2D eigenvalue weighted by Gasteiger charge is 2.07. The number of carbonyl (C=O) groups excluding carboxylic acids is 2. The van der Waals surface area contributed by atoms with Crippen molar-refractivity contribution in [1.29, 1.82) is 0 Å². The van der Waals surface area contributed by atoms with E-state index in [2.05, 4.69) is 33.8 Å². The summed E-state index contributed by atoms with van der Waals surface area (Å²) in [7, 11) is 0. The molecule has 0 bridgehead atoms. The molecule has 0 spiro atoms.